The molecular formula is C25H28N6O3. The minimum Gasteiger partial charge on any atom is -0.388 e. The van der Waals surface area contributed by atoms with Gasteiger partial charge in [0.2, 0.25) is 17.6 Å². The summed E-state index contributed by atoms with van der Waals surface area (Å²) in [6, 6.07) is 14.5. The number of nitrogens with one attached hydrogen (secondary N) is 3. The fourth-order valence-corrected chi connectivity index (χ4v) is 4.07. The van der Waals surface area contributed by atoms with E-state index in [0.717, 1.165) is 16.8 Å². The van der Waals surface area contributed by atoms with Crippen LogP contribution < -0.4 is 10.6 Å². The Hall–Kier alpha value is -4.01. The Balaban J connectivity index is 1.32. The molecule has 0 unspecified atom stereocenters. The van der Waals surface area contributed by atoms with Crippen molar-refractivity contribution in [1.29, 1.82) is 5.41 Å². The third-order valence-electron chi connectivity index (χ3n) is 6.03. The largest absolute Gasteiger partial charge is 0.388 e. The van der Waals surface area contributed by atoms with Crippen LogP contribution in [0, 0.1) is 5.41 Å². The zero-order valence-electron chi connectivity index (χ0n) is 19.3. The summed E-state index contributed by atoms with van der Waals surface area (Å²) in [5, 5.41) is 17.8. The van der Waals surface area contributed by atoms with Crippen LogP contribution in [-0.4, -0.2) is 59.2 Å². The molecule has 0 saturated carbocycles. The van der Waals surface area contributed by atoms with Gasteiger partial charge in [-0.2, -0.15) is 4.98 Å². The van der Waals surface area contributed by atoms with Crippen LogP contribution in [-0.2, 0) is 4.79 Å². The van der Waals surface area contributed by atoms with Gasteiger partial charge in [-0.05, 0) is 38.0 Å². The van der Waals surface area contributed by atoms with E-state index < -0.39 is 0 Å². The molecule has 0 spiro atoms. The lowest BCUT2D eigenvalue weighted by molar-refractivity contribution is -0.131. The van der Waals surface area contributed by atoms with Crippen LogP contribution in [0.25, 0.3) is 11.4 Å². The Kier molecular flexibility index (Phi) is 7.01. The van der Waals surface area contributed by atoms with E-state index in [2.05, 4.69) is 20.8 Å². The summed E-state index contributed by atoms with van der Waals surface area (Å²) >= 11 is 0. The lowest BCUT2D eigenvalue weighted by atomic mass is 9.96. The highest BCUT2D eigenvalue weighted by molar-refractivity contribution is 6.02. The van der Waals surface area contributed by atoms with Crippen molar-refractivity contribution in [2.75, 3.05) is 32.0 Å². The monoisotopic (exact) mass is 460 g/mol. The highest BCUT2D eigenvalue weighted by atomic mass is 16.5. The summed E-state index contributed by atoms with van der Waals surface area (Å²) in [5.74, 6) is 0.791. The van der Waals surface area contributed by atoms with Gasteiger partial charge in [0.1, 0.15) is 0 Å². The third kappa shape index (κ3) is 5.14. The number of piperidine rings is 1. The molecule has 4 rings (SSSR count). The highest BCUT2D eigenvalue weighted by Gasteiger charge is 2.28. The molecule has 0 aliphatic carbocycles. The quantitative estimate of drug-likeness (QED) is 0.465. The second-order valence-electron chi connectivity index (χ2n) is 8.30. The maximum atomic E-state index is 12.5. The van der Waals surface area contributed by atoms with E-state index in [9.17, 15) is 9.59 Å². The molecular weight excluding hydrogens is 432 g/mol. The first-order chi connectivity index (χ1) is 16.5. The van der Waals surface area contributed by atoms with Crippen molar-refractivity contribution in [3.8, 4) is 11.4 Å². The number of hydrogen-bond acceptors (Lipinski definition) is 7. The first kappa shape index (κ1) is 23.2. The Labute approximate surface area is 198 Å². The van der Waals surface area contributed by atoms with Crippen LogP contribution in [0.5, 0.6) is 0 Å². The first-order valence-corrected chi connectivity index (χ1v) is 11.3. The van der Waals surface area contributed by atoms with E-state index in [-0.39, 0.29) is 24.3 Å². The number of anilines is 1. The molecule has 3 aromatic rings. The second-order valence-corrected chi connectivity index (χ2v) is 8.30. The summed E-state index contributed by atoms with van der Waals surface area (Å²) < 4.78 is 5.55. The van der Waals surface area contributed by atoms with Gasteiger partial charge in [0, 0.05) is 54.1 Å². The minimum absolute atomic E-state index is 0.0257. The van der Waals surface area contributed by atoms with E-state index in [1.807, 2.05) is 31.3 Å². The van der Waals surface area contributed by atoms with E-state index in [4.69, 9.17) is 9.93 Å². The minimum atomic E-state index is -0.257. The van der Waals surface area contributed by atoms with Crippen molar-refractivity contribution in [2.24, 2.45) is 0 Å². The van der Waals surface area contributed by atoms with Gasteiger partial charge in [-0.3, -0.25) is 9.59 Å². The fraction of sp³-hybridized carbons (Fsp3) is 0.320. The standard InChI is InChI=1S/C25H28N6O3/c1-16(26)20-9-8-19(14-21(20)27-2)23-29-25(34-30-23)18-10-12-31(13-11-18)22(32)15-28-24(33)17-6-4-3-5-7-17/h3-9,14,18,26-27H,10-13,15H2,1-2H3,(H,28,33). The number of nitrogens with zero attached hydrogens (tertiary/aromatic N) is 3. The lowest BCUT2D eigenvalue weighted by Crippen LogP contribution is -2.43. The molecule has 0 atom stereocenters. The zero-order chi connectivity index (χ0) is 24.1. The zero-order valence-corrected chi connectivity index (χ0v) is 19.3. The number of hydrogen-bond donors (Lipinski definition) is 3. The fourth-order valence-electron chi connectivity index (χ4n) is 4.07. The number of rotatable bonds is 7. The van der Waals surface area contributed by atoms with Crippen LogP contribution in [0.3, 0.4) is 0 Å². The number of amides is 2. The molecule has 2 aromatic carbocycles. The van der Waals surface area contributed by atoms with Crippen molar-refractivity contribution in [3.05, 3.63) is 65.5 Å². The average molecular weight is 461 g/mol. The van der Waals surface area contributed by atoms with E-state index in [0.29, 0.717) is 48.9 Å². The summed E-state index contributed by atoms with van der Waals surface area (Å²) in [6.45, 7) is 2.86. The van der Waals surface area contributed by atoms with Crippen LogP contribution in [0.1, 0.15) is 47.5 Å². The molecule has 1 aromatic heterocycles. The van der Waals surface area contributed by atoms with E-state index in [1.54, 1.807) is 36.1 Å². The number of aromatic nitrogens is 2. The molecule has 176 valence electrons. The maximum absolute atomic E-state index is 12.5. The van der Waals surface area contributed by atoms with Gasteiger partial charge < -0.3 is 25.5 Å². The molecule has 1 aliphatic heterocycles. The van der Waals surface area contributed by atoms with Gasteiger partial charge in [-0.1, -0.05) is 35.5 Å². The van der Waals surface area contributed by atoms with Gasteiger partial charge in [-0.15, -0.1) is 0 Å². The Morgan fingerprint density at radius 1 is 1.15 bits per heavy atom. The smallest absolute Gasteiger partial charge is 0.251 e. The summed E-state index contributed by atoms with van der Waals surface area (Å²) in [7, 11) is 1.81. The van der Waals surface area contributed by atoms with Crippen molar-refractivity contribution < 1.29 is 14.1 Å². The first-order valence-electron chi connectivity index (χ1n) is 11.3. The molecule has 3 N–H and O–H groups in total. The SMILES string of the molecule is CNc1cc(-c2noc(C3CCN(C(=O)CNC(=O)c4ccccc4)CC3)n2)ccc1C(C)=N. The normalized spacial score (nSPS) is 14.0. The molecule has 34 heavy (non-hydrogen) atoms. The predicted octanol–water partition coefficient (Wildman–Crippen LogP) is 3.30. The van der Waals surface area contributed by atoms with Crippen molar-refractivity contribution in [3.63, 3.8) is 0 Å². The highest BCUT2D eigenvalue weighted by Crippen LogP contribution is 2.30. The summed E-state index contributed by atoms with van der Waals surface area (Å²) in [4.78, 5) is 31.1. The molecule has 0 bridgehead atoms. The second kappa shape index (κ2) is 10.3. The number of carbonyl (C=O) groups is 2. The molecule has 1 aliphatic rings. The van der Waals surface area contributed by atoms with E-state index >= 15 is 0 Å². The van der Waals surface area contributed by atoms with Crippen LogP contribution in [0.15, 0.2) is 53.1 Å². The number of likely N-dealkylation sites (tertiary alicyclic amines) is 1. The molecule has 2 heterocycles. The molecule has 0 radical (unpaired) electrons. The number of benzene rings is 2. The van der Waals surface area contributed by atoms with Gasteiger partial charge in [0.05, 0.1) is 6.54 Å². The molecule has 2 amide bonds. The lowest BCUT2D eigenvalue weighted by Gasteiger charge is -2.30. The van der Waals surface area contributed by atoms with Gasteiger partial charge in [0.15, 0.2) is 0 Å². The van der Waals surface area contributed by atoms with Crippen LogP contribution in [0.2, 0.25) is 0 Å². The maximum Gasteiger partial charge on any atom is 0.251 e. The van der Waals surface area contributed by atoms with Crippen molar-refractivity contribution in [1.82, 2.24) is 20.4 Å². The van der Waals surface area contributed by atoms with Gasteiger partial charge in [-0.25, -0.2) is 0 Å². The molecule has 1 fully saturated rings. The molecule has 9 heteroatoms. The van der Waals surface area contributed by atoms with Crippen LogP contribution in [0.4, 0.5) is 5.69 Å². The summed E-state index contributed by atoms with van der Waals surface area (Å²) in [5.41, 5.74) is 3.48. The van der Waals surface area contributed by atoms with Crippen LogP contribution >= 0.6 is 0 Å². The van der Waals surface area contributed by atoms with Gasteiger partial charge >= 0.3 is 0 Å². The Morgan fingerprint density at radius 3 is 2.56 bits per heavy atom. The predicted molar refractivity (Wildman–Crippen MR) is 129 cm³/mol. The van der Waals surface area contributed by atoms with Gasteiger partial charge in [0.25, 0.3) is 5.91 Å². The Bertz CT molecular complexity index is 1180. The number of carbonyl (C=O) groups excluding carboxylic acids is 2. The summed E-state index contributed by atoms with van der Waals surface area (Å²) in [6.07, 6.45) is 1.43. The molecule has 9 nitrogen and oxygen atoms in total. The van der Waals surface area contributed by atoms with Crippen molar-refractivity contribution >= 4 is 23.2 Å². The topological polar surface area (TPSA) is 124 Å². The average Bonchev–Trinajstić information content (AvgIpc) is 3.37. The third-order valence-corrected chi connectivity index (χ3v) is 6.03. The van der Waals surface area contributed by atoms with E-state index in [1.165, 1.54) is 0 Å². The Morgan fingerprint density at radius 2 is 1.88 bits per heavy atom. The van der Waals surface area contributed by atoms with Crippen molar-refractivity contribution in [2.45, 2.75) is 25.7 Å². The molecule has 1 saturated heterocycles.